The van der Waals surface area contributed by atoms with Gasteiger partial charge in [-0.2, -0.15) is 5.10 Å². The number of halogens is 2. The quantitative estimate of drug-likeness (QED) is 0.825. The van der Waals surface area contributed by atoms with E-state index in [1.165, 1.54) is 49.3 Å². The molecule has 1 spiro atoms. The molecule has 6 heteroatoms. The van der Waals surface area contributed by atoms with Gasteiger partial charge in [0, 0.05) is 30.6 Å². The molecule has 4 nitrogen and oxygen atoms in total. The molecule has 2 saturated carbocycles. The van der Waals surface area contributed by atoms with Crippen LogP contribution in [0.4, 0.5) is 4.39 Å². The third-order valence-corrected chi connectivity index (χ3v) is 6.40. The van der Waals surface area contributed by atoms with Crippen molar-refractivity contribution in [3.63, 3.8) is 0 Å². The van der Waals surface area contributed by atoms with E-state index in [4.69, 9.17) is 11.6 Å². The molecular formula is C19H23ClFN3O. The highest BCUT2D eigenvalue weighted by atomic mass is 35.5. The van der Waals surface area contributed by atoms with E-state index in [1.54, 1.807) is 23.7 Å². The lowest BCUT2D eigenvalue weighted by Crippen LogP contribution is -2.29. The first-order chi connectivity index (χ1) is 12.0. The minimum atomic E-state index is -0.356. The SMILES string of the molecule is Cn1nc(Cc2c(F)cccc2Cl)n(CC2CCC3(CC2)CC3)c1=O. The van der Waals surface area contributed by atoms with Gasteiger partial charge in [-0.15, -0.1) is 0 Å². The summed E-state index contributed by atoms with van der Waals surface area (Å²) in [6.07, 6.45) is 7.89. The molecule has 0 atom stereocenters. The van der Waals surface area contributed by atoms with Crippen molar-refractivity contribution in [3.8, 4) is 0 Å². The van der Waals surface area contributed by atoms with Crippen LogP contribution in [-0.2, 0) is 20.0 Å². The summed E-state index contributed by atoms with van der Waals surface area (Å²) < 4.78 is 17.2. The first-order valence-electron chi connectivity index (χ1n) is 9.03. The Labute approximate surface area is 151 Å². The Kier molecular flexibility index (Phi) is 4.22. The van der Waals surface area contributed by atoms with Crippen LogP contribution in [0.15, 0.2) is 23.0 Å². The molecule has 1 heterocycles. The van der Waals surface area contributed by atoms with Crippen molar-refractivity contribution in [2.45, 2.75) is 51.5 Å². The summed E-state index contributed by atoms with van der Waals surface area (Å²) in [4.78, 5) is 12.5. The molecule has 2 fully saturated rings. The summed E-state index contributed by atoms with van der Waals surface area (Å²) in [5.74, 6) is 0.736. The lowest BCUT2D eigenvalue weighted by Gasteiger charge is -2.28. The zero-order chi connectivity index (χ0) is 17.6. The van der Waals surface area contributed by atoms with Crippen LogP contribution < -0.4 is 5.69 Å². The number of nitrogens with zero attached hydrogens (tertiary/aromatic N) is 3. The van der Waals surface area contributed by atoms with Gasteiger partial charge in [-0.05, 0) is 62.0 Å². The molecule has 1 aromatic heterocycles. The maximum Gasteiger partial charge on any atom is 0.345 e. The highest BCUT2D eigenvalue weighted by molar-refractivity contribution is 6.31. The van der Waals surface area contributed by atoms with Gasteiger partial charge in [0.2, 0.25) is 0 Å². The second-order valence-electron chi connectivity index (χ2n) is 7.75. The minimum Gasteiger partial charge on any atom is -0.278 e. The number of aromatic nitrogens is 3. The number of hydrogen-bond donors (Lipinski definition) is 0. The van der Waals surface area contributed by atoms with Gasteiger partial charge in [0.25, 0.3) is 0 Å². The Morgan fingerprint density at radius 2 is 2.00 bits per heavy atom. The maximum absolute atomic E-state index is 14.1. The van der Waals surface area contributed by atoms with Gasteiger partial charge < -0.3 is 0 Å². The normalized spacial score (nSPS) is 19.5. The fourth-order valence-corrected chi connectivity index (χ4v) is 4.37. The predicted molar refractivity (Wildman–Crippen MR) is 95.3 cm³/mol. The summed E-state index contributed by atoms with van der Waals surface area (Å²) >= 11 is 6.15. The van der Waals surface area contributed by atoms with Gasteiger partial charge in [-0.3, -0.25) is 4.57 Å². The van der Waals surface area contributed by atoms with Crippen LogP contribution in [0.2, 0.25) is 5.02 Å². The molecule has 2 aliphatic rings. The van der Waals surface area contributed by atoms with Gasteiger partial charge in [0.15, 0.2) is 0 Å². The average molecular weight is 364 g/mol. The van der Waals surface area contributed by atoms with E-state index in [9.17, 15) is 9.18 Å². The van der Waals surface area contributed by atoms with E-state index < -0.39 is 0 Å². The van der Waals surface area contributed by atoms with Crippen LogP contribution in [0.5, 0.6) is 0 Å². The third-order valence-electron chi connectivity index (χ3n) is 6.05. The van der Waals surface area contributed by atoms with Gasteiger partial charge in [0.1, 0.15) is 11.6 Å². The Morgan fingerprint density at radius 3 is 2.64 bits per heavy atom. The fourth-order valence-electron chi connectivity index (χ4n) is 4.14. The summed E-state index contributed by atoms with van der Waals surface area (Å²) in [6, 6.07) is 4.65. The van der Waals surface area contributed by atoms with Crippen LogP contribution in [0.25, 0.3) is 0 Å². The van der Waals surface area contributed by atoms with Gasteiger partial charge >= 0.3 is 5.69 Å². The van der Waals surface area contributed by atoms with Crippen molar-refractivity contribution >= 4 is 11.6 Å². The van der Waals surface area contributed by atoms with Gasteiger partial charge in [-0.25, -0.2) is 13.9 Å². The van der Waals surface area contributed by atoms with Gasteiger partial charge in [0.05, 0.1) is 0 Å². The van der Waals surface area contributed by atoms with E-state index in [1.807, 2.05) is 0 Å². The molecule has 4 rings (SSSR count). The van der Waals surface area contributed by atoms with E-state index in [2.05, 4.69) is 5.10 Å². The average Bonchev–Trinajstić information content (AvgIpc) is 3.30. The number of aryl methyl sites for hydroxylation is 1. The number of hydrogen-bond acceptors (Lipinski definition) is 2. The van der Waals surface area contributed by atoms with Crippen molar-refractivity contribution in [2.24, 2.45) is 18.4 Å². The standard InChI is InChI=1S/C19H23ClFN3O/c1-23-18(25)24(12-13-5-7-19(8-6-13)9-10-19)17(22-23)11-14-15(20)3-2-4-16(14)21/h2-4,13H,5-12H2,1H3. The second-order valence-corrected chi connectivity index (χ2v) is 8.16. The van der Waals surface area contributed by atoms with Crippen LogP contribution in [0.1, 0.15) is 49.9 Å². The highest BCUT2D eigenvalue weighted by Crippen LogP contribution is 2.57. The molecule has 1 aromatic carbocycles. The lowest BCUT2D eigenvalue weighted by atomic mass is 9.80. The molecule has 134 valence electrons. The van der Waals surface area contributed by atoms with Crippen molar-refractivity contribution < 1.29 is 4.39 Å². The predicted octanol–water partition coefficient (Wildman–Crippen LogP) is 3.94. The zero-order valence-electron chi connectivity index (χ0n) is 14.5. The maximum atomic E-state index is 14.1. The molecule has 0 saturated heterocycles. The minimum absolute atomic E-state index is 0.130. The summed E-state index contributed by atoms with van der Waals surface area (Å²) in [6.45, 7) is 0.671. The molecule has 25 heavy (non-hydrogen) atoms. The highest BCUT2D eigenvalue weighted by Gasteiger charge is 2.44. The van der Waals surface area contributed by atoms with Crippen molar-refractivity contribution in [3.05, 3.63) is 50.9 Å². The Balaban J connectivity index is 1.57. The summed E-state index contributed by atoms with van der Waals surface area (Å²) in [5, 5.41) is 4.71. The molecular weight excluding hydrogens is 341 g/mol. The van der Waals surface area contributed by atoms with E-state index in [0.29, 0.717) is 34.3 Å². The molecule has 0 aliphatic heterocycles. The first kappa shape index (κ1) is 16.8. The number of rotatable bonds is 4. The summed E-state index contributed by atoms with van der Waals surface area (Å²) in [7, 11) is 1.64. The Hall–Kier alpha value is -1.62. The third kappa shape index (κ3) is 3.26. The van der Waals surface area contributed by atoms with Crippen LogP contribution in [0, 0.1) is 17.2 Å². The molecule has 2 aromatic rings. The van der Waals surface area contributed by atoms with E-state index in [-0.39, 0.29) is 17.9 Å². The van der Waals surface area contributed by atoms with Crippen LogP contribution in [0.3, 0.4) is 0 Å². The molecule has 2 aliphatic carbocycles. The van der Waals surface area contributed by atoms with Crippen LogP contribution in [-0.4, -0.2) is 14.3 Å². The molecule has 0 radical (unpaired) electrons. The second kappa shape index (κ2) is 6.27. The largest absolute Gasteiger partial charge is 0.345 e. The van der Waals surface area contributed by atoms with Crippen LogP contribution >= 0.6 is 11.6 Å². The van der Waals surface area contributed by atoms with Crippen molar-refractivity contribution in [2.75, 3.05) is 0 Å². The molecule has 0 bridgehead atoms. The Morgan fingerprint density at radius 1 is 1.28 bits per heavy atom. The smallest absolute Gasteiger partial charge is 0.278 e. The van der Waals surface area contributed by atoms with E-state index in [0.717, 1.165) is 0 Å². The van der Waals surface area contributed by atoms with Crippen molar-refractivity contribution in [1.29, 1.82) is 0 Å². The Bertz CT molecular complexity index is 823. The lowest BCUT2D eigenvalue weighted by molar-refractivity contribution is 0.233. The van der Waals surface area contributed by atoms with E-state index >= 15 is 0 Å². The van der Waals surface area contributed by atoms with Gasteiger partial charge in [-0.1, -0.05) is 17.7 Å². The van der Waals surface area contributed by atoms with Crippen molar-refractivity contribution in [1.82, 2.24) is 14.3 Å². The topological polar surface area (TPSA) is 39.8 Å². The summed E-state index contributed by atoms with van der Waals surface area (Å²) in [5.41, 5.74) is 0.908. The first-order valence-corrected chi connectivity index (χ1v) is 9.41. The zero-order valence-corrected chi connectivity index (χ0v) is 15.2. The molecule has 0 N–H and O–H groups in total. The fraction of sp³-hybridized carbons (Fsp3) is 0.579. The molecule has 0 unspecified atom stereocenters. The monoisotopic (exact) mass is 363 g/mol. The number of benzene rings is 1. The molecule has 0 amide bonds.